The highest BCUT2D eigenvalue weighted by atomic mass is 16.1. The molecule has 1 rings (SSSR count). The lowest BCUT2D eigenvalue weighted by Crippen LogP contribution is -2.42. The van der Waals surface area contributed by atoms with Crippen molar-refractivity contribution in [1.82, 2.24) is 0 Å². The van der Waals surface area contributed by atoms with Gasteiger partial charge in [0.05, 0.1) is 12.1 Å². The van der Waals surface area contributed by atoms with Gasteiger partial charge in [0.2, 0.25) is 0 Å². The number of anilines is 1. The van der Waals surface area contributed by atoms with E-state index >= 15 is 0 Å². The molecule has 0 amide bonds. The molecule has 0 aliphatic rings. The van der Waals surface area contributed by atoms with E-state index in [1.165, 1.54) is 0 Å². The van der Waals surface area contributed by atoms with Crippen molar-refractivity contribution in [3.05, 3.63) is 29.8 Å². The third-order valence-electron chi connectivity index (χ3n) is 2.25. The highest BCUT2D eigenvalue weighted by Gasteiger charge is 2.17. The third-order valence-corrected chi connectivity index (χ3v) is 2.25. The molecular weight excluding hydrogens is 190 g/mol. The van der Waals surface area contributed by atoms with Crippen molar-refractivity contribution in [2.45, 2.75) is 25.4 Å². The smallest absolute Gasteiger partial charge is 0.166 e. The Bertz CT molecular complexity index is 332. The summed E-state index contributed by atoms with van der Waals surface area (Å²) in [5.41, 5.74) is 18.4. The number of benzene rings is 1. The van der Waals surface area contributed by atoms with Gasteiger partial charge in [-0.25, -0.2) is 0 Å². The van der Waals surface area contributed by atoms with E-state index in [0.29, 0.717) is 12.1 Å². The zero-order valence-corrected chi connectivity index (χ0v) is 8.81. The van der Waals surface area contributed by atoms with E-state index in [1.807, 2.05) is 12.1 Å². The first-order valence-electron chi connectivity index (χ1n) is 4.90. The highest BCUT2D eigenvalue weighted by molar-refractivity contribution is 5.88. The second-order valence-corrected chi connectivity index (χ2v) is 3.74. The van der Waals surface area contributed by atoms with Gasteiger partial charge in [0.1, 0.15) is 0 Å². The molecule has 4 heteroatoms. The number of hydrogen-bond donors (Lipinski definition) is 3. The lowest BCUT2D eigenvalue weighted by atomic mass is 10.00. The summed E-state index contributed by atoms with van der Waals surface area (Å²) in [7, 11) is 0. The third kappa shape index (κ3) is 3.34. The Labute approximate surface area is 89.4 Å². The first-order chi connectivity index (χ1) is 7.00. The largest absolute Gasteiger partial charge is 0.399 e. The fourth-order valence-electron chi connectivity index (χ4n) is 1.35. The fourth-order valence-corrected chi connectivity index (χ4v) is 1.35. The molecule has 0 fully saturated rings. The monoisotopic (exact) mass is 207 g/mol. The van der Waals surface area contributed by atoms with Gasteiger partial charge in [-0.2, -0.15) is 0 Å². The Balaban J connectivity index is 2.62. The van der Waals surface area contributed by atoms with E-state index in [-0.39, 0.29) is 5.78 Å². The summed E-state index contributed by atoms with van der Waals surface area (Å²) < 4.78 is 0. The van der Waals surface area contributed by atoms with Crippen molar-refractivity contribution in [3.63, 3.8) is 0 Å². The predicted molar refractivity (Wildman–Crippen MR) is 61.2 cm³/mol. The maximum absolute atomic E-state index is 11.4. The van der Waals surface area contributed by atoms with Crippen molar-refractivity contribution in [3.8, 4) is 0 Å². The highest BCUT2D eigenvalue weighted by Crippen LogP contribution is 2.07. The summed E-state index contributed by atoms with van der Waals surface area (Å²) in [5, 5.41) is 0. The van der Waals surface area contributed by atoms with Crippen LogP contribution < -0.4 is 17.2 Å². The quantitative estimate of drug-likeness (QED) is 0.608. The van der Waals surface area contributed by atoms with Crippen LogP contribution in [0.4, 0.5) is 5.69 Å². The molecule has 1 aromatic rings. The second-order valence-electron chi connectivity index (χ2n) is 3.74. The van der Waals surface area contributed by atoms with Crippen LogP contribution in [0.3, 0.4) is 0 Å². The number of ketones is 1. The van der Waals surface area contributed by atoms with Gasteiger partial charge in [-0.1, -0.05) is 12.1 Å². The molecule has 0 spiro atoms. The van der Waals surface area contributed by atoms with Crippen LogP contribution in [0.2, 0.25) is 0 Å². The minimum Gasteiger partial charge on any atom is -0.399 e. The van der Waals surface area contributed by atoms with Crippen molar-refractivity contribution in [2.75, 3.05) is 5.73 Å². The molecule has 0 bridgehead atoms. The summed E-state index contributed by atoms with van der Waals surface area (Å²) >= 11 is 0. The summed E-state index contributed by atoms with van der Waals surface area (Å²) in [6.07, 6.45) is 0.501. The Morgan fingerprint density at radius 2 is 1.80 bits per heavy atom. The van der Waals surface area contributed by atoms with E-state index < -0.39 is 12.1 Å². The maximum atomic E-state index is 11.4. The van der Waals surface area contributed by atoms with Gasteiger partial charge >= 0.3 is 0 Å². The Hall–Kier alpha value is -1.39. The van der Waals surface area contributed by atoms with Crippen LogP contribution in [-0.2, 0) is 11.2 Å². The van der Waals surface area contributed by atoms with Gasteiger partial charge < -0.3 is 17.2 Å². The van der Waals surface area contributed by atoms with Crippen LogP contribution in [0.15, 0.2) is 24.3 Å². The van der Waals surface area contributed by atoms with E-state index in [9.17, 15) is 4.79 Å². The number of rotatable bonds is 4. The van der Waals surface area contributed by atoms with Crippen molar-refractivity contribution < 1.29 is 4.79 Å². The Morgan fingerprint density at radius 1 is 1.27 bits per heavy atom. The fraction of sp³-hybridized carbons (Fsp3) is 0.364. The zero-order valence-electron chi connectivity index (χ0n) is 8.81. The molecule has 2 atom stereocenters. The molecule has 0 saturated heterocycles. The molecule has 0 heterocycles. The first-order valence-corrected chi connectivity index (χ1v) is 4.90. The topological polar surface area (TPSA) is 95.1 Å². The maximum Gasteiger partial charge on any atom is 0.166 e. The van der Waals surface area contributed by atoms with Crippen molar-refractivity contribution in [1.29, 1.82) is 0 Å². The van der Waals surface area contributed by atoms with E-state index in [0.717, 1.165) is 5.56 Å². The lowest BCUT2D eigenvalue weighted by molar-refractivity contribution is -0.121. The van der Waals surface area contributed by atoms with Gasteiger partial charge in [-0.05, 0) is 31.0 Å². The van der Waals surface area contributed by atoms with Gasteiger partial charge in [-0.3, -0.25) is 4.79 Å². The van der Waals surface area contributed by atoms with Gasteiger partial charge in [0.15, 0.2) is 5.78 Å². The van der Waals surface area contributed by atoms with E-state index in [1.54, 1.807) is 19.1 Å². The number of Topliss-reactive ketones (excluding diaryl/α,β-unsaturated/α-hetero) is 1. The normalized spacial score (nSPS) is 14.6. The summed E-state index contributed by atoms with van der Waals surface area (Å²) in [4.78, 5) is 11.4. The second kappa shape index (κ2) is 4.91. The first kappa shape index (κ1) is 11.7. The summed E-state index contributed by atoms with van der Waals surface area (Å²) in [6.45, 7) is 1.64. The summed E-state index contributed by atoms with van der Waals surface area (Å²) in [6, 6.07) is 6.27. The number of nitrogens with two attached hydrogens (primary N) is 3. The SMILES string of the molecule is CC(N)C(=O)C(N)Cc1ccc(N)cc1. The molecule has 6 N–H and O–H groups in total. The lowest BCUT2D eigenvalue weighted by Gasteiger charge is -2.12. The standard InChI is InChI=1S/C11H17N3O/c1-7(12)11(15)10(14)6-8-2-4-9(13)5-3-8/h2-5,7,10H,6,12-14H2,1H3. The van der Waals surface area contributed by atoms with Gasteiger partial charge in [0.25, 0.3) is 0 Å². The molecular formula is C11H17N3O. The Morgan fingerprint density at radius 3 is 2.27 bits per heavy atom. The molecule has 0 aliphatic heterocycles. The molecule has 82 valence electrons. The average Bonchev–Trinajstić information content (AvgIpc) is 2.20. The number of carbonyl (C=O) groups excluding carboxylic acids is 1. The van der Waals surface area contributed by atoms with E-state index in [2.05, 4.69) is 0 Å². The summed E-state index contributed by atoms with van der Waals surface area (Å²) in [5.74, 6) is -0.119. The van der Waals surface area contributed by atoms with Crippen LogP contribution in [-0.4, -0.2) is 17.9 Å². The molecule has 0 radical (unpaired) electrons. The van der Waals surface area contributed by atoms with Crippen molar-refractivity contribution in [2.24, 2.45) is 11.5 Å². The molecule has 0 aliphatic carbocycles. The van der Waals surface area contributed by atoms with Crippen LogP contribution in [0.25, 0.3) is 0 Å². The molecule has 0 saturated carbocycles. The minimum absolute atomic E-state index is 0.119. The number of carbonyl (C=O) groups is 1. The number of nitrogen functional groups attached to an aromatic ring is 1. The van der Waals surface area contributed by atoms with Crippen LogP contribution in [0.5, 0.6) is 0 Å². The predicted octanol–water partition coefficient (Wildman–Crippen LogP) is 0.0549. The zero-order chi connectivity index (χ0) is 11.4. The number of hydrogen-bond acceptors (Lipinski definition) is 4. The molecule has 0 aromatic heterocycles. The van der Waals surface area contributed by atoms with Crippen molar-refractivity contribution >= 4 is 11.5 Å². The van der Waals surface area contributed by atoms with Gasteiger partial charge in [0, 0.05) is 5.69 Å². The van der Waals surface area contributed by atoms with E-state index in [4.69, 9.17) is 17.2 Å². The molecule has 1 aromatic carbocycles. The van der Waals surface area contributed by atoms with Crippen LogP contribution >= 0.6 is 0 Å². The van der Waals surface area contributed by atoms with Crippen LogP contribution in [0, 0.1) is 0 Å². The molecule has 4 nitrogen and oxygen atoms in total. The average molecular weight is 207 g/mol. The Kier molecular flexibility index (Phi) is 3.82. The minimum atomic E-state index is -0.534. The molecule has 2 unspecified atom stereocenters. The van der Waals surface area contributed by atoms with Gasteiger partial charge in [-0.15, -0.1) is 0 Å². The molecule has 15 heavy (non-hydrogen) atoms. The van der Waals surface area contributed by atoms with Crippen LogP contribution in [0.1, 0.15) is 12.5 Å².